The van der Waals surface area contributed by atoms with E-state index in [2.05, 4.69) is 21.8 Å². The first-order valence-corrected chi connectivity index (χ1v) is 11.1. The molecular formula is C18H28ClN3O2S. The SMILES string of the molecule is O=S(=O)(NC1CCCC1)N1CCN(CCCc2ccc(Cl)cc2)CC1. The van der Waals surface area contributed by atoms with Gasteiger partial charge in [0, 0.05) is 37.2 Å². The Bertz CT molecular complexity index is 637. The van der Waals surface area contributed by atoms with E-state index in [9.17, 15) is 8.42 Å². The molecule has 1 N–H and O–H groups in total. The number of benzene rings is 1. The molecule has 1 saturated heterocycles. The monoisotopic (exact) mass is 385 g/mol. The molecule has 1 aromatic rings. The fraction of sp³-hybridized carbons (Fsp3) is 0.667. The van der Waals surface area contributed by atoms with Crippen LogP contribution in [0, 0.1) is 0 Å². The summed E-state index contributed by atoms with van der Waals surface area (Å²) in [6, 6.07) is 8.14. The average molecular weight is 386 g/mol. The van der Waals surface area contributed by atoms with Gasteiger partial charge in [0.2, 0.25) is 0 Å². The van der Waals surface area contributed by atoms with Crippen LogP contribution < -0.4 is 4.72 Å². The van der Waals surface area contributed by atoms with E-state index in [-0.39, 0.29) is 6.04 Å². The topological polar surface area (TPSA) is 52.7 Å². The lowest BCUT2D eigenvalue weighted by Crippen LogP contribution is -2.53. The van der Waals surface area contributed by atoms with Crippen LogP contribution in [0.2, 0.25) is 5.02 Å². The number of nitrogens with one attached hydrogen (secondary N) is 1. The van der Waals surface area contributed by atoms with Gasteiger partial charge in [-0.2, -0.15) is 17.4 Å². The second-order valence-corrected chi connectivity index (χ2v) is 9.21. The Labute approximate surface area is 156 Å². The smallest absolute Gasteiger partial charge is 0.279 e. The fourth-order valence-corrected chi connectivity index (χ4v) is 5.26. The van der Waals surface area contributed by atoms with Crippen molar-refractivity contribution in [3.8, 4) is 0 Å². The molecule has 0 spiro atoms. The molecule has 1 aromatic carbocycles. The molecular weight excluding hydrogens is 358 g/mol. The summed E-state index contributed by atoms with van der Waals surface area (Å²) >= 11 is 5.90. The van der Waals surface area contributed by atoms with Gasteiger partial charge in [-0.3, -0.25) is 0 Å². The molecule has 1 aliphatic heterocycles. The summed E-state index contributed by atoms with van der Waals surface area (Å²) in [6.45, 7) is 3.80. The maximum absolute atomic E-state index is 12.5. The minimum atomic E-state index is -3.31. The van der Waals surface area contributed by atoms with E-state index < -0.39 is 10.2 Å². The lowest BCUT2D eigenvalue weighted by atomic mass is 10.1. The third-order valence-corrected chi connectivity index (χ3v) is 7.12. The van der Waals surface area contributed by atoms with Gasteiger partial charge in [-0.1, -0.05) is 36.6 Å². The van der Waals surface area contributed by atoms with Crippen molar-refractivity contribution in [1.82, 2.24) is 13.9 Å². The van der Waals surface area contributed by atoms with Gasteiger partial charge in [0.05, 0.1) is 0 Å². The highest BCUT2D eigenvalue weighted by atomic mass is 35.5. The number of hydrogen-bond donors (Lipinski definition) is 1. The van der Waals surface area contributed by atoms with Gasteiger partial charge < -0.3 is 4.90 Å². The average Bonchev–Trinajstić information content (AvgIpc) is 3.09. The number of hydrogen-bond acceptors (Lipinski definition) is 3. The van der Waals surface area contributed by atoms with E-state index in [0.29, 0.717) is 13.1 Å². The van der Waals surface area contributed by atoms with Gasteiger partial charge >= 0.3 is 0 Å². The Balaban J connectivity index is 1.38. The summed E-state index contributed by atoms with van der Waals surface area (Å²) in [5, 5.41) is 0.771. The molecule has 140 valence electrons. The zero-order valence-corrected chi connectivity index (χ0v) is 16.2. The second kappa shape index (κ2) is 8.82. The van der Waals surface area contributed by atoms with E-state index in [1.165, 1.54) is 5.56 Å². The predicted octanol–water partition coefficient (Wildman–Crippen LogP) is 2.67. The van der Waals surface area contributed by atoms with Crippen LogP contribution >= 0.6 is 11.6 Å². The van der Waals surface area contributed by atoms with Gasteiger partial charge in [0.1, 0.15) is 0 Å². The molecule has 1 aliphatic carbocycles. The molecule has 2 aliphatic rings. The molecule has 2 fully saturated rings. The molecule has 0 amide bonds. The number of halogens is 1. The fourth-order valence-electron chi connectivity index (χ4n) is 3.68. The quantitative estimate of drug-likeness (QED) is 0.785. The first-order chi connectivity index (χ1) is 12.0. The number of nitrogens with zero attached hydrogens (tertiary/aromatic N) is 2. The van der Waals surface area contributed by atoms with Gasteiger partial charge in [0.15, 0.2) is 0 Å². The van der Waals surface area contributed by atoms with Crippen LogP contribution in [0.4, 0.5) is 0 Å². The van der Waals surface area contributed by atoms with Crippen molar-refractivity contribution in [2.24, 2.45) is 0 Å². The van der Waals surface area contributed by atoms with E-state index >= 15 is 0 Å². The summed E-state index contributed by atoms with van der Waals surface area (Å²) in [7, 11) is -3.31. The molecule has 7 heteroatoms. The molecule has 1 saturated carbocycles. The van der Waals surface area contributed by atoms with Crippen molar-refractivity contribution in [2.75, 3.05) is 32.7 Å². The van der Waals surface area contributed by atoms with Crippen molar-refractivity contribution in [1.29, 1.82) is 0 Å². The van der Waals surface area contributed by atoms with Crippen molar-refractivity contribution >= 4 is 21.8 Å². The van der Waals surface area contributed by atoms with Crippen LogP contribution in [0.25, 0.3) is 0 Å². The predicted molar refractivity (Wildman–Crippen MR) is 102 cm³/mol. The molecule has 0 bridgehead atoms. The zero-order valence-electron chi connectivity index (χ0n) is 14.7. The molecule has 0 atom stereocenters. The van der Waals surface area contributed by atoms with Gasteiger partial charge in [-0.25, -0.2) is 0 Å². The van der Waals surface area contributed by atoms with Crippen LogP contribution in [-0.4, -0.2) is 56.4 Å². The highest BCUT2D eigenvalue weighted by Crippen LogP contribution is 2.19. The number of aryl methyl sites for hydroxylation is 1. The highest BCUT2D eigenvalue weighted by Gasteiger charge is 2.29. The van der Waals surface area contributed by atoms with Gasteiger partial charge in [0.25, 0.3) is 10.2 Å². The maximum atomic E-state index is 12.5. The second-order valence-electron chi connectivity index (χ2n) is 7.07. The number of piperazine rings is 1. The Hall–Kier alpha value is -0.660. The maximum Gasteiger partial charge on any atom is 0.279 e. The molecule has 5 nitrogen and oxygen atoms in total. The Morgan fingerprint density at radius 2 is 1.68 bits per heavy atom. The standard InChI is InChI=1S/C18H28ClN3O2S/c19-17-9-7-16(8-10-17)4-3-11-21-12-14-22(15-13-21)25(23,24)20-18-5-1-2-6-18/h7-10,18,20H,1-6,11-15H2. The summed E-state index contributed by atoms with van der Waals surface area (Å²) in [5.74, 6) is 0. The first kappa shape index (κ1) is 19.1. The normalized spacial score (nSPS) is 21.0. The summed E-state index contributed by atoms with van der Waals surface area (Å²) < 4.78 is 29.4. The molecule has 1 heterocycles. The molecule has 3 rings (SSSR count). The summed E-state index contributed by atoms with van der Waals surface area (Å²) in [4.78, 5) is 2.36. The van der Waals surface area contributed by atoms with E-state index in [1.54, 1.807) is 4.31 Å². The highest BCUT2D eigenvalue weighted by molar-refractivity contribution is 7.87. The summed E-state index contributed by atoms with van der Waals surface area (Å²) in [6.07, 6.45) is 6.32. The van der Waals surface area contributed by atoms with Crippen molar-refractivity contribution in [2.45, 2.75) is 44.6 Å². The Morgan fingerprint density at radius 3 is 2.32 bits per heavy atom. The third-order valence-electron chi connectivity index (χ3n) is 5.19. The van der Waals surface area contributed by atoms with Crippen molar-refractivity contribution < 1.29 is 8.42 Å². The Morgan fingerprint density at radius 1 is 1.04 bits per heavy atom. The lowest BCUT2D eigenvalue weighted by Gasteiger charge is -2.34. The van der Waals surface area contributed by atoms with Crippen LogP contribution in [0.1, 0.15) is 37.7 Å². The minimum Gasteiger partial charge on any atom is -0.301 e. The minimum absolute atomic E-state index is 0.141. The first-order valence-electron chi connectivity index (χ1n) is 9.27. The van der Waals surface area contributed by atoms with Crippen LogP contribution in [0.5, 0.6) is 0 Å². The van der Waals surface area contributed by atoms with Gasteiger partial charge in [-0.05, 0) is 49.9 Å². The van der Waals surface area contributed by atoms with Crippen LogP contribution in [0.15, 0.2) is 24.3 Å². The van der Waals surface area contributed by atoms with E-state index in [1.807, 2.05) is 12.1 Å². The van der Waals surface area contributed by atoms with Gasteiger partial charge in [-0.15, -0.1) is 0 Å². The van der Waals surface area contributed by atoms with Crippen LogP contribution in [-0.2, 0) is 16.6 Å². The summed E-state index contributed by atoms with van der Waals surface area (Å²) in [5.41, 5.74) is 1.30. The third kappa shape index (κ3) is 5.66. The van der Waals surface area contributed by atoms with Crippen LogP contribution in [0.3, 0.4) is 0 Å². The lowest BCUT2D eigenvalue weighted by molar-refractivity contribution is 0.185. The van der Waals surface area contributed by atoms with Crippen molar-refractivity contribution in [3.63, 3.8) is 0 Å². The largest absolute Gasteiger partial charge is 0.301 e. The zero-order chi connectivity index (χ0) is 17.7. The Kier molecular flexibility index (Phi) is 6.74. The van der Waals surface area contributed by atoms with Crippen molar-refractivity contribution in [3.05, 3.63) is 34.9 Å². The van der Waals surface area contributed by atoms with E-state index in [0.717, 1.165) is 63.2 Å². The molecule has 0 radical (unpaired) electrons. The molecule has 25 heavy (non-hydrogen) atoms. The number of rotatable bonds is 7. The van der Waals surface area contributed by atoms with E-state index in [4.69, 9.17) is 11.6 Å². The molecule has 0 aromatic heterocycles. The molecule has 0 unspecified atom stereocenters.